The third-order valence-electron chi connectivity index (χ3n) is 3.05. The van der Waals surface area contributed by atoms with Gasteiger partial charge in [0.15, 0.2) is 0 Å². The van der Waals surface area contributed by atoms with Gasteiger partial charge in [-0.05, 0) is 29.8 Å². The number of nitrogens with zero attached hydrogens (tertiary/aromatic N) is 2. The van der Waals surface area contributed by atoms with E-state index in [1.165, 1.54) is 30.5 Å². The normalized spacial score (nSPS) is 11.4. The number of hydrogen-bond donors (Lipinski definition) is 2. The Hall–Kier alpha value is -3.18. The van der Waals surface area contributed by atoms with Crippen molar-refractivity contribution in [3.63, 3.8) is 0 Å². The van der Waals surface area contributed by atoms with Gasteiger partial charge in [0.1, 0.15) is 5.82 Å². The van der Waals surface area contributed by atoms with Crippen molar-refractivity contribution < 1.29 is 22.5 Å². The first-order valence-corrected chi connectivity index (χ1v) is 8.58. The number of hydrogen-bond acceptors (Lipinski definition) is 6. The Morgan fingerprint density at radius 3 is 2.35 bits per heavy atom. The number of nitro groups is 1. The summed E-state index contributed by atoms with van der Waals surface area (Å²) < 4.78 is 38.8. The molecule has 2 aromatic rings. The Bertz CT molecular complexity index is 928. The number of carbonyl (C=O) groups excluding carboxylic acids is 1. The first-order valence-electron chi connectivity index (χ1n) is 7.09. The Balaban J connectivity index is 1.89. The van der Waals surface area contributed by atoms with Crippen molar-refractivity contribution in [2.75, 3.05) is 6.54 Å². The second-order valence-electron chi connectivity index (χ2n) is 4.92. The molecule has 136 valence electrons. The van der Waals surface area contributed by atoms with E-state index in [1.807, 2.05) is 4.72 Å². The van der Waals surface area contributed by atoms with E-state index >= 15 is 0 Å². The van der Waals surface area contributed by atoms with Crippen LogP contribution in [0.1, 0.15) is 5.56 Å². The summed E-state index contributed by atoms with van der Waals surface area (Å²) in [6, 6.07) is 9.55. The smallest absolute Gasteiger partial charge is 0.269 e. The number of carbonyl (C=O) groups is 1. The van der Waals surface area contributed by atoms with E-state index in [-0.39, 0.29) is 10.6 Å². The molecule has 0 aliphatic carbocycles. The molecule has 0 heterocycles. The van der Waals surface area contributed by atoms with E-state index in [1.54, 1.807) is 0 Å². The van der Waals surface area contributed by atoms with Crippen molar-refractivity contribution in [2.45, 2.75) is 4.90 Å². The summed E-state index contributed by atoms with van der Waals surface area (Å²) in [6.07, 6.45) is 1.27. The lowest BCUT2D eigenvalue weighted by Crippen LogP contribution is -2.34. The Morgan fingerprint density at radius 2 is 1.77 bits per heavy atom. The molecule has 0 fully saturated rings. The van der Waals surface area contributed by atoms with Crippen LogP contribution in [0, 0.1) is 15.9 Å². The van der Waals surface area contributed by atoms with Crippen LogP contribution in [-0.4, -0.2) is 32.0 Å². The number of rotatable bonds is 7. The quantitative estimate of drug-likeness (QED) is 0.423. The number of non-ortho nitro benzene ring substituents is 1. The van der Waals surface area contributed by atoms with Crippen LogP contribution in [-0.2, 0) is 14.8 Å². The number of nitro benzene ring substituents is 1. The van der Waals surface area contributed by atoms with Crippen LogP contribution in [0.3, 0.4) is 0 Å². The van der Waals surface area contributed by atoms with Crippen LogP contribution < -0.4 is 10.1 Å². The van der Waals surface area contributed by atoms with E-state index in [2.05, 4.69) is 10.5 Å². The van der Waals surface area contributed by atoms with Gasteiger partial charge in [0.05, 0.1) is 22.6 Å². The first-order chi connectivity index (χ1) is 12.3. The number of hydrazone groups is 1. The SMILES string of the molecule is O=C(CNS(=O)(=O)c1ccc([N+](=O)[O-])cc1)N/N=C/c1ccc(F)cc1. The van der Waals surface area contributed by atoms with Crippen molar-refractivity contribution in [1.29, 1.82) is 0 Å². The highest BCUT2D eigenvalue weighted by molar-refractivity contribution is 7.89. The maximum atomic E-state index is 12.7. The summed E-state index contributed by atoms with van der Waals surface area (Å²) in [7, 11) is -4.01. The molecule has 9 nitrogen and oxygen atoms in total. The average molecular weight is 380 g/mol. The predicted molar refractivity (Wildman–Crippen MR) is 90.4 cm³/mol. The number of amides is 1. The standard InChI is InChI=1S/C15H13FN4O5S/c16-12-3-1-11(2-4-12)9-17-19-15(21)10-18-26(24,25)14-7-5-13(6-8-14)20(22)23/h1-9,18H,10H2,(H,19,21)/b17-9+. The Morgan fingerprint density at radius 1 is 1.15 bits per heavy atom. The fraction of sp³-hybridized carbons (Fsp3) is 0.0667. The number of nitrogens with one attached hydrogen (secondary N) is 2. The van der Waals surface area contributed by atoms with Gasteiger partial charge in [-0.15, -0.1) is 0 Å². The monoisotopic (exact) mass is 380 g/mol. The fourth-order valence-electron chi connectivity index (χ4n) is 1.76. The molecule has 0 atom stereocenters. The van der Waals surface area contributed by atoms with Gasteiger partial charge in [-0.2, -0.15) is 5.10 Å². The zero-order valence-corrected chi connectivity index (χ0v) is 13.9. The van der Waals surface area contributed by atoms with Crippen LogP contribution in [0.4, 0.5) is 10.1 Å². The van der Waals surface area contributed by atoms with Gasteiger partial charge in [-0.25, -0.2) is 23.0 Å². The minimum atomic E-state index is -4.01. The molecule has 0 unspecified atom stereocenters. The highest BCUT2D eigenvalue weighted by Crippen LogP contribution is 2.15. The lowest BCUT2D eigenvalue weighted by atomic mass is 10.2. The molecule has 0 radical (unpaired) electrons. The summed E-state index contributed by atoms with van der Waals surface area (Å²) in [5.74, 6) is -1.14. The third-order valence-corrected chi connectivity index (χ3v) is 4.47. The van der Waals surface area contributed by atoms with Gasteiger partial charge < -0.3 is 0 Å². The van der Waals surface area contributed by atoms with E-state index < -0.39 is 33.2 Å². The van der Waals surface area contributed by atoms with Gasteiger partial charge in [0.2, 0.25) is 10.0 Å². The molecule has 2 N–H and O–H groups in total. The zero-order valence-electron chi connectivity index (χ0n) is 13.1. The van der Waals surface area contributed by atoms with Crippen molar-refractivity contribution in [3.8, 4) is 0 Å². The molecular formula is C15H13FN4O5S. The molecule has 0 aromatic heterocycles. The van der Waals surface area contributed by atoms with Crippen LogP contribution in [0.25, 0.3) is 0 Å². The molecule has 0 aliphatic rings. The third kappa shape index (κ3) is 5.43. The maximum Gasteiger partial charge on any atom is 0.269 e. The molecule has 0 saturated carbocycles. The summed E-state index contributed by atoms with van der Waals surface area (Å²) in [6.45, 7) is -0.583. The second kappa shape index (κ2) is 8.27. The molecule has 1 amide bonds. The molecule has 0 saturated heterocycles. The zero-order chi connectivity index (χ0) is 19.2. The van der Waals surface area contributed by atoms with Crippen molar-refractivity contribution in [2.24, 2.45) is 5.10 Å². The van der Waals surface area contributed by atoms with Gasteiger partial charge in [-0.1, -0.05) is 12.1 Å². The van der Waals surface area contributed by atoms with Crippen LogP contribution >= 0.6 is 0 Å². The maximum absolute atomic E-state index is 12.7. The first kappa shape index (κ1) is 19.1. The molecule has 11 heteroatoms. The van der Waals surface area contributed by atoms with Gasteiger partial charge in [0.25, 0.3) is 11.6 Å². The number of sulfonamides is 1. The minimum absolute atomic E-state index is 0.217. The second-order valence-corrected chi connectivity index (χ2v) is 6.69. The van der Waals surface area contributed by atoms with Gasteiger partial charge in [0, 0.05) is 12.1 Å². The van der Waals surface area contributed by atoms with Crippen LogP contribution in [0.15, 0.2) is 58.5 Å². The predicted octanol–water partition coefficient (Wildman–Crippen LogP) is 1.16. The Labute approximate surface area is 147 Å². The van der Waals surface area contributed by atoms with Crippen LogP contribution in [0.5, 0.6) is 0 Å². The van der Waals surface area contributed by atoms with Crippen molar-refractivity contribution in [3.05, 3.63) is 70.0 Å². The fourth-order valence-corrected chi connectivity index (χ4v) is 2.74. The highest BCUT2D eigenvalue weighted by atomic mass is 32.2. The van der Waals surface area contributed by atoms with E-state index in [4.69, 9.17) is 0 Å². The molecule has 0 spiro atoms. The largest absolute Gasteiger partial charge is 0.272 e. The van der Waals surface area contributed by atoms with E-state index in [0.29, 0.717) is 5.56 Å². The van der Waals surface area contributed by atoms with Gasteiger partial charge in [-0.3, -0.25) is 14.9 Å². The Kier molecular flexibility index (Phi) is 6.09. The lowest BCUT2D eigenvalue weighted by Gasteiger charge is -2.05. The molecule has 0 bridgehead atoms. The number of halogens is 1. The van der Waals surface area contributed by atoms with Gasteiger partial charge >= 0.3 is 0 Å². The summed E-state index contributed by atoms with van der Waals surface area (Å²) >= 11 is 0. The average Bonchev–Trinajstić information content (AvgIpc) is 2.62. The number of benzene rings is 2. The summed E-state index contributed by atoms with van der Waals surface area (Å²) in [4.78, 5) is 21.3. The van der Waals surface area contributed by atoms with Crippen molar-refractivity contribution >= 4 is 27.8 Å². The van der Waals surface area contributed by atoms with Crippen LogP contribution in [0.2, 0.25) is 0 Å². The highest BCUT2D eigenvalue weighted by Gasteiger charge is 2.16. The summed E-state index contributed by atoms with van der Waals surface area (Å²) in [5.41, 5.74) is 2.40. The van der Waals surface area contributed by atoms with E-state index in [0.717, 1.165) is 24.3 Å². The molecule has 2 aromatic carbocycles. The molecule has 2 rings (SSSR count). The lowest BCUT2D eigenvalue weighted by molar-refractivity contribution is -0.384. The molecular weight excluding hydrogens is 367 g/mol. The topological polar surface area (TPSA) is 131 Å². The summed E-state index contributed by atoms with van der Waals surface area (Å²) in [5, 5.41) is 14.2. The molecule has 26 heavy (non-hydrogen) atoms. The molecule has 0 aliphatic heterocycles. The van der Waals surface area contributed by atoms with E-state index in [9.17, 15) is 27.7 Å². The minimum Gasteiger partial charge on any atom is -0.272 e. The van der Waals surface area contributed by atoms with Crippen molar-refractivity contribution in [1.82, 2.24) is 10.1 Å².